The summed E-state index contributed by atoms with van der Waals surface area (Å²) in [4.78, 5) is 11.3. The second-order valence-corrected chi connectivity index (χ2v) is 10.1. The molecule has 160 valence electrons. The van der Waals surface area contributed by atoms with Crippen molar-refractivity contribution in [1.82, 2.24) is 9.97 Å². The van der Waals surface area contributed by atoms with Crippen molar-refractivity contribution >= 4 is 38.3 Å². The Hall–Kier alpha value is -2.73. The largest absolute Gasteiger partial charge is 0.372 e. The minimum Gasteiger partial charge on any atom is -0.372 e. The van der Waals surface area contributed by atoms with Crippen LogP contribution in [0.2, 0.25) is 5.02 Å². The van der Waals surface area contributed by atoms with E-state index in [1.54, 1.807) is 12.1 Å². The molecule has 3 aromatic rings. The van der Waals surface area contributed by atoms with Gasteiger partial charge in [-0.2, -0.15) is 5.26 Å². The summed E-state index contributed by atoms with van der Waals surface area (Å²) in [5.74, 6) is 0.393. The van der Waals surface area contributed by atoms with E-state index < -0.39 is 15.1 Å². The first kappa shape index (κ1) is 21.5. The molecule has 0 bridgehead atoms. The van der Waals surface area contributed by atoms with E-state index in [2.05, 4.69) is 4.98 Å². The van der Waals surface area contributed by atoms with Crippen LogP contribution in [-0.4, -0.2) is 43.7 Å². The predicted molar refractivity (Wildman–Crippen MR) is 119 cm³/mol. The van der Waals surface area contributed by atoms with Gasteiger partial charge < -0.3 is 9.64 Å². The van der Waals surface area contributed by atoms with E-state index in [4.69, 9.17) is 21.3 Å². The van der Waals surface area contributed by atoms with Crippen molar-refractivity contribution < 1.29 is 13.2 Å². The van der Waals surface area contributed by atoms with Crippen LogP contribution in [0, 0.1) is 11.3 Å². The maximum atomic E-state index is 13.4. The number of aromatic nitrogens is 2. The van der Waals surface area contributed by atoms with Crippen LogP contribution in [0.3, 0.4) is 0 Å². The molecule has 0 spiro atoms. The Balaban J connectivity index is 1.90. The van der Waals surface area contributed by atoms with Crippen LogP contribution in [0.4, 0.5) is 5.82 Å². The fourth-order valence-corrected chi connectivity index (χ4v) is 5.31. The average Bonchev–Trinajstić information content (AvgIpc) is 2.73. The molecule has 31 heavy (non-hydrogen) atoms. The Labute approximate surface area is 186 Å². The Kier molecular flexibility index (Phi) is 5.84. The van der Waals surface area contributed by atoms with Gasteiger partial charge in [0.05, 0.1) is 34.2 Å². The lowest BCUT2D eigenvalue weighted by Gasteiger charge is -2.37. The molecule has 7 nitrogen and oxygen atoms in total. The molecule has 2 aromatic carbocycles. The molecule has 3 atom stereocenters. The smallest absolute Gasteiger partial charge is 0.200 e. The summed E-state index contributed by atoms with van der Waals surface area (Å²) >= 11 is 5.91. The van der Waals surface area contributed by atoms with Crippen LogP contribution in [-0.2, 0) is 14.6 Å². The van der Waals surface area contributed by atoms with Crippen LogP contribution < -0.4 is 4.90 Å². The number of rotatable bonds is 4. The number of nitriles is 1. The zero-order valence-corrected chi connectivity index (χ0v) is 18.6. The number of fused-ring (bicyclic) bond motifs is 1. The number of morpholine rings is 1. The molecule has 0 radical (unpaired) electrons. The molecular weight excluding hydrogens is 436 g/mol. The minimum absolute atomic E-state index is 0.00747. The van der Waals surface area contributed by atoms with Gasteiger partial charge in [-0.3, -0.25) is 0 Å². The summed E-state index contributed by atoms with van der Waals surface area (Å²) in [6, 6.07) is 14.9. The molecule has 9 heteroatoms. The monoisotopic (exact) mass is 456 g/mol. The molecule has 4 rings (SSSR count). The van der Waals surface area contributed by atoms with Crippen molar-refractivity contribution in [1.29, 1.82) is 5.26 Å². The lowest BCUT2D eigenvalue weighted by atomic mass is 10.2. The predicted octanol–water partition coefficient (Wildman–Crippen LogP) is 3.94. The summed E-state index contributed by atoms with van der Waals surface area (Å²) in [5, 5.41) is 8.86. The van der Waals surface area contributed by atoms with Crippen molar-refractivity contribution in [3.05, 3.63) is 59.2 Å². The number of sulfone groups is 1. The van der Waals surface area contributed by atoms with Gasteiger partial charge >= 0.3 is 0 Å². The second-order valence-electron chi connectivity index (χ2n) is 7.59. The van der Waals surface area contributed by atoms with Gasteiger partial charge in [0.15, 0.2) is 11.1 Å². The molecular formula is C22H21ClN4O3S. The van der Waals surface area contributed by atoms with Crippen LogP contribution in [0.1, 0.15) is 24.8 Å². The number of benzene rings is 2. The zero-order valence-electron chi connectivity index (χ0n) is 17.1. The first-order valence-electron chi connectivity index (χ1n) is 9.85. The third-order valence-corrected chi connectivity index (χ3v) is 7.25. The van der Waals surface area contributed by atoms with Gasteiger partial charge in [-0.15, -0.1) is 0 Å². The van der Waals surface area contributed by atoms with E-state index >= 15 is 0 Å². The van der Waals surface area contributed by atoms with Crippen molar-refractivity contribution in [3.8, 4) is 6.07 Å². The van der Waals surface area contributed by atoms with Gasteiger partial charge in [0.25, 0.3) is 0 Å². The zero-order chi connectivity index (χ0) is 22.2. The highest BCUT2D eigenvalue weighted by Crippen LogP contribution is 2.35. The van der Waals surface area contributed by atoms with Crippen molar-refractivity contribution in [3.63, 3.8) is 0 Å². The molecule has 1 saturated heterocycles. The van der Waals surface area contributed by atoms with E-state index in [0.29, 0.717) is 35.0 Å². The highest BCUT2D eigenvalue weighted by Gasteiger charge is 2.36. The molecule has 0 unspecified atom stereocenters. The average molecular weight is 457 g/mol. The van der Waals surface area contributed by atoms with E-state index in [-0.39, 0.29) is 22.8 Å². The molecule has 0 amide bonds. The summed E-state index contributed by atoms with van der Waals surface area (Å²) in [6.45, 7) is 4.93. The Morgan fingerprint density at radius 3 is 2.23 bits per heavy atom. The maximum Gasteiger partial charge on any atom is 0.200 e. The number of anilines is 1. The summed E-state index contributed by atoms with van der Waals surface area (Å²) in [6.07, 6.45) is -0.142. The third-order valence-electron chi connectivity index (χ3n) is 5.12. The Bertz CT molecular complexity index is 1250. The van der Waals surface area contributed by atoms with E-state index in [9.17, 15) is 13.7 Å². The fourth-order valence-electron chi connectivity index (χ4n) is 3.80. The Morgan fingerprint density at radius 1 is 1.06 bits per heavy atom. The van der Waals surface area contributed by atoms with Gasteiger partial charge in [-0.05, 0) is 50.2 Å². The van der Waals surface area contributed by atoms with Crippen LogP contribution in [0.15, 0.2) is 53.4 Å². The number of hydrogen-bond acceptors (Lipinski definition) is 7. The summed E-state index contributed by atoms with van der Waals surface area (Å²) < 4.78 is 32.6. The van der Waals surface area contributed by atoms with Crippen molar-refractivity contribution in [2.75, 3.05) is 18.0 Å². The van der Waals surface area contributed by atoms with Crippen molar-refractivity contribution in [2.24, 2.45) is 0 Å². The fraction of sp³-hybridized carbons (Fsp3) is 0.318. The number of hydrogen-bond donors (Lipinski definition) is 0. The highest BCUT2D eigenvalue weighted by molar-refractivity contribution is 7.92. The first-order valence-corrected chi connectivity index (χ1v) is 11.8. The molecule has 1 fully saturated rings. The quantitative estimate of drug-likeness (QED) is 0.586. The van der Waals surface area contributed by atoms with E-state index in [1.165, 1.54) is 24.3 Å². The van der Waals surface area contributed by atoms with Gasteiger partial charge in [-0.1, -0.05) is 23.7 Å². The molecule has 2 heterocycles. The molecule has 0 saturated carbocycles. The lowest BCUT2D eigenvalue weighted by molar-refractivity contribution is -0.00550. The number of para-hydroxylation sites is 2. The normalized spacial score (nSPS) is 20.4. The van der Waals surface area contributed by atoms with Gasteiger partial charge in [0.2, 0.25) is 9.84 Å². The van der Waals surface area contributed by atoms with Gasteiger partial charge in [0.1, 0.15) is 5.69 Å². The first-order chi connectivity index (χ1) is 14.8. The molecule has 0 aliphatic carbocycles. The molecule has 1 aliphatic rings. The highest BCUT2D eigenvalue weighted by atomic mass is 35.5. The minimum atomic E-state index is -4.06. The third kappa shape index (κ3) is 4.22. The Morgan fingerprint density at radius 2 is 1.65 bits per heavy atom. The number of ether oxygens (including phenoxy) is 1. The summed E-state index contributed by atoms with van der Waals surface area (Å²) in [5.41, 5.74) is 1.29. The molecule has 1 aliphatic heterocycles. The standard InChI is InChI=1S/C22H21ClN4O3S/c1-14-12-27(13-15(2)30-14)22-21(25-18-5-3-4-6-19(18)26-22)20(11-24)31(28,29)17-9-7-16(23)8-10-17/h3-10,14-15,20H,12-13H2,1-2H3/t14-,15-,20+/m0/s1. The van der Waals surface area contributed by atoms with E-state index in [1.807, 2.05) is 36.9 Å². The van der Waals surface area contributed by atoms with Crippen molar-refractivity contribution in [2.45, 2.75) is 36.2 Å². The number of nitrogens with zero attached hydrogens (tertiary/aromatic N) is 4. The van der Waals surface area contributed by atoms with E-state index in [0.717, 1.165) is 0 Å². The lowest BCUT2D eigenvalue weighted by Crippen LogP contribution is -2.46. The second kappa shape index (κ2) is 8.42. The maximum absolute atomic E-state index is 13.4. The van der Waals surface area contributed by atoms with Crippen LogP contribution in [0.5, 0.6) is 0 Å². The molecule has 0 N–H and O–H groups in total. The van der Waals surface area contributed by atoms with Gasteiger partial charge in [0, 0.05) is 18.1 Å². The van der Waals surface area contributed by atoms with Crippen LogP contribution in [0.25, 0.3) is 11.0 Å². The topological polar surface area (TPSA) is 96.2 Å². The summed E-state index contributed by atoms with van der Waals surface area (Å²) in [7, 11) is -4.06. The van der Waals surface area contributed by atoms with Crippen LogP contribution >= 0.6 is 11.6 Å². The number of halogens is 1. The SMILES string of the molecule is C[C@H]1CN(c2nc3ccccc3nc2[C@@H](C#N)S(=O)(=O)c2ccc(Cl)cc2)C[C@H](C)O1. The van der Waals surface area contributed by atoms with Gasteiger partial charge in [-0.25, -0.2) is 18.4 Å². The molecule has 1 aromatic heterocycles.